The zero-order valence-corrected chi connectivity index (χ0v) is 19.0. The highest BCUT2D eigenvalue weighted by molar-refractivity contribution is 5.91. The number of benzene rings is 2. The molecule has 0 radical (unpaired) electrons. The Morgan fingerprint density at radius 1 is 1.13 bits per heavy atom. The Balaban J connectivity index is 1.90. The number of esters is 1. The van der Waals surface area contributed by atoms with Gasteiger partial charge in [0.05, 0.1) is 23.4 Å². The largest absolute Gasteiger partial charge is 0.462 e. The highest BCUT2D eigenvalue weighted by atomic mass is 16.5. The second-order valence-corrected chi connectivity index (χ2v) is 8.38. The summed E-state index contributed by atoms with van der Waals surface area (Å²) in [7, 11) is 0. The van der Waals surface area contributed by atoms with Crippen LogP contribution in [0.25, 0.3) is 5.57 Å². The standard InChI is InChI=1S/C26H32N2O2/c1-7-13-28-24-14-18(3)21(15-23(24)19(4)16-26(28,5)6)17-27-22-11-9-20(10-12-22)25(29)30-8-2/h9-12,14-17H,7-8,13H2,1-6H3. The molecule has 2 aromatic rings. The lowest BCUT2D eigenvalue weighted by atomic mass is 9.87. The van der Waals surface area contributed by atoms with E-state index >= 15 is 0 Å². The van der Waals surface area contributed by atoms with Gasteiger partial charge in [-0.3, -0.25) is 4.99 Å². The third-order valence-corrected chi connectivity index (χ3v) is 5.54. The van der Waals surface area contributed by atoms with Gasteiger partial charge in [0.15, 0.2) is 0 Å². The molecule has 0 saturated carbocycles. The van der Waals surface area contributed by atoms with Gasteiger partial charge in [-0.05, 0) is 94.1 Å². The van der Waals surface area contributed by atoms with E-state index in [2.05, 4.69) is 62.7 Å². The number of carbonyl (C=O) groups is 1. The first-order chi connectivity index (χ1) is 14.3. The Morgan fingerprint density at radius 2 is 1.83 bits per heavy atom. The molecule has 0 atom stereocenters. The Bertz CT molecular complexity index is 985. The number of aliphatic imine (C=N–C) groups is 1. The molecule has 0 saturated heterocycles. The van der Waals surface area contributed by atoms with Crippen LogP contribution in [0.3, 0.4) is 0 Å². The van der Waals surface area contributed by atoms with Crippen molar-refractivity contribution in [3.8, 4) is 0 Å². The molecule has 30 heavy (non-hydrogen) atoms. The molecule has 0 fully saturated rings. The number of nitrogens with zero attached hydrogens (tertiary/aromatic N) is 2. The van der Waals surface area contributed by atoms with Crippen molar-refractivity contribution in [2.24, 2.45) is 4.99 Å². The predicted octanol–water partition coefficient (Wildman–Crippen LogP) is 6.33. The molecule has 0 unspecified atom stereocenters. The summed E-state index contributed by atoms with van der Waals surface area (Å²) in [5, 5.41) is 0. The maximum Gasteiger partial charge on any atom is 0.338 e. The number of hydrogen-bond donors (Lipinski definition) is 0. The monoisotopic (exact) mass is 404 g/mol. The third kappa shape index (κ3) is 4.48. The molecule has 2 aromatic carbocycles. The number of rotatable bonds is 6. The molecule has 3 rings (SSSR count). The summed E-state index contributed by atoms with van der Waals surface area (Å²) in [6.07, 6.45) is 5.38. The van der Waals surface area contributed by atoms with E-state index in [9.17, 15) is 4.79 Å². The average Bonchev–Trinajstić information content (AvgIpc) is 2.70. The summed E-state index contributed by atoms with van der Waals surface area (Å²) in [4.78, 5) is 18.9. The van der Waals surface area contributed by atoms with Crippen LogP contribution in [0.1, 0.15) is 68.1 Å². The van der Waals surface area contributed by atoms with E-state index in [1.807, 2.05) is 18.3 Å². The Hall–Kier alpha value is -2.88. The smallest absolute Gasteiger partial charge is 0.338 e. The molecule has 0 bridgehead atoms. The fraction of sp³-hybridized carbons (Fsp3) is 0.385. The molecule has 0 aliphatic carbocycles. The Labute approximate surface area is 180 Å². The summed E-state index contributed by atoms with van der Waals surface area (Å²) < 4.78 is 5.03. The van der Waals surface area contributed by atoms with Crippen molar-refractivity contribution in [2.75, 3.05) is 18.1 Å². The molecule has 0 amide bonds. The highest BCUT2D eigenvalue weighted by Gasteiger charge is 2.31. The molecule has 1 aliphatic rings. The van der Waals surface area contributed by atoms with E-state index < -0.39 is 0 Å². The number of anilines is 1. The van der Waals surface area contributed by atoms with Crippen molar-refractivity contribution in [3.63, 3.8) is 0 Å². The highest BCUT2D eigenvalue weighted by Crippen LogP contribution is 2.40. The molecule has 1 aliphatic heterocycles. The molecule has 0 spiro atoms. The summed E-state index contributed by atoms with van der Waals surface area (Å²) in [6.45, 7) is 14.3. The molecular weight excluding hydrogens is 372 g/mol. The minimum absolute atomic E-state index is 0.00973. The van der Waals surface area contributed by atoms with E-state index in [4.69, 9.17) is 4.74 Å². The normalized spacial score (nSPS) is 15.1. The fourth-order valence-electron chi connectivity index (χ4n) is 4.06. The van der Waals surface area contributed by atoms with Gasteiger partial charge in [-0.1, -0.05) is 13.0 Å². The molecule has 4 nitrogen and oxygen atoms in total. The van der Waals surface area contributed by atoms with Crippen molar-refractivity contribution in [1.82, 2.24) is 0 Å². The van der Waals surface area contributed by atoms with E-state index in [1.165, 1.54) is 22.4 Å². The zero-order valence-electron chi connectivity index (χ0n) is 19.0. The minimum atomic E-state index is -0.305. The van der Waals surface area contributed by atoms with Crippen LogP contribution >= 0.6 is 0 Å². The second-order valence-electron chi connectivity index (χ2n) is 8.38. The number of carbonyl (C=O) groups excluding carboxylic acids is 1. The lowest BCUT2D eigenvalue weighted by molar-refractivity contribution is 0.0526. The van der Waals surface area contributed by atoms with Gasteiger partial charge in [0.2, 0.25) is 0 Å². The first-order valence-corrected chi connectivity index (χ1v) is 10.7. The molecule has 158 valence electrons. The van der Waals surface area contributed by atoms with Gasteiger partial charge in [-0.15, -0.1) is 0 Å². The lowest BCUT2D eigenvalue weighted by Crippen LogP contribution is -2.45. The van der Waals surface area contributed by atoms with Crippen LogP contribution in [0.5, 0.6) is 0 Å². The Kier molecular flexibility index (Phi) is 6.45. The number of hydrogen-bond acceptors (Lipinski definition) is 4. The maximum atomic E-state index is 11.8. The van der Waals surface area contributed by atoms with Gasteiger partial charge in [0.1, 0.15) is 0 Å². The van der Waals surface area contributed by atoms with Gasteiger partial charge in [-0.25, -0.2) is 4.79 Å². The van der Waals surface area contributed by atoms with Crippen molar-refractivity contribution < 1.29 is 9.53 Å². The Morgan fingerprint density at radius 3 is 2.47 bits per heavy atom. The van der Waals surface area contributed by atoms with E-state index in [0.717, 1.165) is 24.2 Å². The lowest BCUT2D eigenvalue weighted by Gasteiger charge is -2.43. The van der Waals surface area contributed by atoms with Crippen molar-refractivity contribution >= 4 is 29.1 Å². The van der Waals surface area contributed by atoms with Crippen LogP contribution in [0.2, 0.25) is 0 Å². The van der Waals surface area contributed by atoms with Crippen LogP contribution in [0.15, 0.2) is 47.5 Å². The van der Waals surface area contributed by atoms with Gasteiger partial charge < -0.3 is 9.64 Å². The van der Waals surface area contributed by atoms with E-state index in [-0.39, 0.29) is 11.5 Å². The van der Waals surface area contributed by atoms with Gasteiger partial charge in [0.25, 0.3) is 0 Å². The molecule has 4 heteroatoms. The third-order valence-electron chi connectivity index (χ3n) is 5.54. The summed E-state index contributed by atoms with van der Waals surface area (Å²) in [6, 6.07) is 11.7. The maximum absolute atomic E-state index is 11.8. The van der Waals surface area contributed by atoms with Crippen LogP contribution in [0, 0.1) is 6.92 Å². The van der Waals surface area contributed by atoms with Crippen LogP contribution in [-0.4, -0.2) is 30.9 Å². The van der Waals surface area contributed by atoms with Crippen molar-refractivity contribution in [1.29, 1.82) is 0 Å². The van der Waals surface area contributed by atoms with Crippen LogP contribution in [0.4, 0.5) is 11.4 Å². The fourth-order valence-corrected chi connectivity index (χ4v) is 4.06. The van der Waals surface area contributed by atoms with Crippen molar-refractivity contribution in [3.05, 3.63) is 64.7 Å². The molecule has 0 N–H and O–H groups in total. The quantitative estimate of drug-likeness (QED) is 0.417. The van der Waals surface area contributed by atoms with Gasteiger partial charge in [0, 0.05) is 24.0 Å². The minimum Gasteiger partial charge on any atom is -0.462 e. The predicted molar refractivity (Wildman–Crippen MR) is 126 cm³/mol. The van der Waals surface area contributed by atoms with Gasteiger partial charge >= 0.3 is 5.97 Å². The van der Waals surface area contributed by atoms with Crippen LogP contribution < -0.4 is 4.90 Å². The van der Waals surface area contributed by atoms with Crippen LogP contribution in [-0.2, 0) is 4.74 Å². The van der Waals surface area contributed by atoms with E-state index in [1.54, 1.807) is 19.1 Å². The summed E-state index contributed by atoms with van der Waals surface area (Å²) in [5.41, 5.74) is 7.54. The van der Waals surface area contributed by atoms with Crippen molar-refractivity contribution in [2.45, 2.75) is 53.5 Å². The first kappa shape index (κ1) is 21.8. The summed E-state index contributed by atoms with van der Waals surface area (Å²) >= 11 is 0. The van der Waals surface area contributed by atoms with E-state index in [0.29, 0.717) is 12.2 Å². The summed E-state index contributed by atoms with van der Waals surface area (Å²) in [5.74, 6) is -0.305. The first-order valence-electron chi connectivity index (χ1n) is 10.7. The zero-order chi connectivity index (χ0) is 21.9. The average molecular weight is 405 g/mol. The number of fused-ring (bicyclic) bond motifs is 1. The topological polar surface area (TPSA) is 41.9 Å². The second kappa shape index (κ2) is 8.86. The number of aryl methyl sites for hydroxylation is 1. The molecule has 1 heterocycles. The number of allylic oxidation sites excluding steroid dienone is 1. The van der Waals surface area contributed by atoms with Gasteiger partial charge in [-0.2, -0.15) is 0 Å². The SMILES string of the molecule is CCCN1c2cc(C)c(C=Nc3ccc(C(=O)OCC)cc3)cc2C(C)=CC1(C)C. The number of ether oxygens (including phenoxy) is 1. The molecular formula is C26H32N2O2. The molecule has 0 aromatic heterocycles.